The van der Waals surface area contributed by atoms with Crippen LogP contribution in [0, 0.1) is 17.3 Å². The molecule has 0 unspecified atom stereocenters. The van der Waals surface area contributed by atoms with Crippen molar-refractivity contribution in [3.05, 3.63) is 12.2 Å². The summed E-state index contributed by atoms with van der Waals surface area (Å²) in [5.74, 6) is 1.51. The van der Waals surface area contributed by atoms with Gasteiger partial charge >= 0.3 is 0 Å². The van der Waals surface area contributed by atoms with E-state index in [-0.39, 0.29) is 6.10 Å². The van der Waals surface area contributed by atoms with E-state index in [1.165, 1.54) is 44.1 Å². The Labute approximate surface area is 104 Å². The van der Waals surface area contributed by atoms with Crippen LogP contribution in [0.2, 0.25) is 0 Å². The Morgan fingerprint density at radius 2 is 2.12 bits per heavy atom. The second-order valence-electron chi connectivity index (χ2n) is 6.82. The summed E-state index contributed by atoms with van der Waals surface area (Å²) in [5.41, 5.74) is 1.74. The fraction of sp³-hybridized carbons (Fsp3) is 0.867. The number of aliphatic hydroxyl groups excluding tert-OH is 1. The molecule has 2 bridgehead atoms. The Morgan fingerprint density at radius 1 is 1.24 bits per heavy atom. The predicted molar refractivity (Wildman–Crippen MR) is 67.6 cm³/mol. The maximum atomic E-state index is 10.6. The smallest absolute Gasteiger partial charge is 0.0726 e. The molecule has 2 heterocycles. The van der Waals surface area contributed by atoms with E-state index in [2.05, 4.69) is 11.5 Å². The number of nitrogens with zero attached hydrogens (tertiary/aromatic N) is 1. The fourth-order valence-corrected chi connectivity index (χ4v) is 5.60. The zero-order valence-corrected chi connectivity index (χ0v) is 10.6. The molecule has 4 fully saturated rings. The minimum atomic E-state index is -0.0732. The van der Waals surface area contributed by atoms with Gasteiger partial charge < -0.3 is 5.11 Å². The highest BCUT2D eigenvalue weighted by molar-refractivity contribution is 5.23. The zero-order valence-electron chi connectivity index (χ0n) is 10.6. The number of hydrogen-bond donors (Lipinski definition) is 1. The van der Waals surface area contributed by atoms with Crippen molar-refractivity contribution in [2.45, 2.75) is 50.7 Å². The Balaban J connectivity index is 1.79. The van der Waals surface area contributed by atoms with Crippen molar-refractivity contribution in [1.29, 1.82) is 0 Å². The molecule has 2 aliphatic carbocycles. The van der Waals surface area contributed by atoms with Crippen LogP contribution in [0.25, 0.3) is 0 Å². The van der Waals surface area contributed by atoms with Crippen LogP contribution in [-0.2, 0) is 0 Å². The standard InChI is InChI=1S/C15H23NO/c1-10-8-16-9-13(17)15-6-3-2-4-12(15)14(16)11(10)5-7-15/h11-14,17H,1-9H2/t11-,12-,13+,14+,15-/m1/s1. The maximum absolute atomic E-state index is 10.6. The van der Waals surface area contributed by atoms with Crippen molar-refractivity contribution in [3.8, 4) is 0 Å². The van der Waals surface area contributed by atoms with Crippen molar-refractivity contribution >= 4 is 0 Å². The van der Waals surface area contributed by atoms with Crippen LogP contribution in [0.4, 0.5) is 0 Å². The first-order valence-electron chi connectivity index (χ1n) is 7.32. The van der Waals surface area contributed by atoms with E-state index >= 15 is 0 Å². The third kappa shape index (κ3) is 1.18. The zero-order chi connectivity index (χ0) is 11.6. The summed E-state index contributed by atoms with van der Waals surface area (Å²) in [6.45, 7) is 6.26. The second kappa shape index (κ2) is 3.36. The van der Waals surface area contributed by atoms with Gasteiger partial charge in [0.15, 0.2) is 0 Å². The number of rotatable bonds is 0. The molecule has 2 heteroatoms. The average Bonchev–Trinajstić information content (AvgIpc) is 2.67. The topological polar surface area (TPSA) is 23.5 Å². The molecular formula is C15H23NO. The molecule has 2 aliphatic heterocycles. The normalized spacial score (nSPS) is 53.6. The Kier molecular flexibility index (Phi) is 2.09. The van der Waals surface area contributed by atoms with Gasteiger partial charge in [0.2, 0.25) is 0 Å². The highest BCUT2D eigenvalue weighted by atomic mass is 16.3. The molecule has 4 rings (SSSR count). The third-order valence-electron chi connectivity index (χ3n) is 6.31. The summed E-state index contributed by atoms with van der Waals surface area (Å²) >= 11 is 0. The molecule has 0 spiro atoms. The molecule has 0 aromatic heterocycles. The average molecular weight is 233 g/mol. The first-order valence-corrected chi connectivity index (χ1v) is 7.32. The summed E-state index contributed by atoms with van der Waals surface area (Å²) in [6.07, 6.45) is 7.82. The van der Waals surface area contributed by atoms with Crippen molar-refractivity contribution < 1.29 is 5.11 Å². The molecule has 2 nitrogen and oxygen atoms in total. The van der Waals surface area contributed by atoms with E-state index in [9.17, 15) is 5.11 Å². The summed E-state index contributed by atoms with van der Waals surface area (Å²) in [5, 5.41) is 10.6. The van der Waals surface area contributed by atoms with E-state index < -0.39 is 0 Å². The number of aliphatic hydroxyl groups is 1. The molecule has 5 atom stereocenters. The van der Waals surface area contributed by atoms with Gasteiger partial charge in [-0.1, -0.05) is 25.0 Å². The molecule has 2 saturated carbocycles. The largest absolute Gasteiger partial charge is 0.391 e. The SMILES string of the molecule is C=C1CN2C[C@H](O)[C@@]34CCCC[C@@H]3[C@@H]2[C@@H]1CC4. The van der Waals surface area contributed by atoms with Gasteiger partial charge in [-0.15, -0.1) is 0 Å². The molecule has 0 aromatic carbocycles. The fourth-order valence-electron chi connectivity index (χ4n) is 5.60. The van der Waals surface area contributed by atoms with Crippen LogP contribution >= 0.6 is 0 Å². The Hall–Kier alpha value is -0.340. The first kappa shape index (κ1) is 10.6. The molecule has 0 amide bonds. The van der Waals surface area contributed by atoms with Crippen molar-refractivity contribution in [1.82, 2.24) is 4.90 Å². The molecular weight excluding hydrogens is 210 g/mol. The van der Waals surface area contributed by atoms with Crippen LogP contribution in [0.15, 0.2) is 12.2 Å². The van der Waals surface area contributed by atoms with E-state index in [1.54, 1.807) is 0 Å². The highest BCUT2D eigenvalue weighted by Gasteiger charge is 2.60. The first-order chi connectivity index (χ1) is 8.22. The molecule has 1 N–H and O–H groups in total. The lowest BCUT2D eigenvalue weighted by atomic mass is 9.51. The van der Waals surface area contributed by atoms with Gasteiger partial charge in [-0.2, -0.15) is 0 Å². The summed E-state index contributed by atoms with van der Waals surface area (Å²) in [4.78, 5) is 2.55. The minimum Gasteiger partial charge on any atom is -0.391 e. The second-order valence-corrected chi connectivity index (χ2v) is 6.82. The summed E-state index contributed by atoms with van der Waals surface area (Å²) < 4.78 is 0. The van der Waals surface area contributed by atoms with E-state index in [1.807, 2.05) is 0 Å². The summed E-state index contributed by atoms with van der Waals surface area (Å²) in [7, 11) is 0. The predicted octanol–water partition coefficient (Wildman–Crippen LogP) is 2.19. The Bertz CT molecular complexity index is 366. The lowest BCUT2D eigenvalue weighted by molar-refractivity contribution is -0.155. The molecule has 2 saturated heterocycles. The molecule has 0 radical (unpaired) electrons. The lowest BCUT2D eigenvalue weighted by Gasteiger charge is -2.60. The number of piperidine rings is 1. The van der Waals surface area contributed by atoms with Crippen molar-refractivity contribution in [3.63, 3.8) is 0 Å². The van der Waals surface area contributed by atoms with Gasteiger partial charge in [-0.25, -0.2) is 0 Å². The van der Waals surface area contributed by atoms with Gasteiger partial charge in [0.1, 0.15) is 0 Å². The van der Waals surface area contributed by atoms with Crippen LogP contribution in [-0.4, -0.2) is 35.2 Å². The molecule has 4 aliphatic rings. The molecule has 17 heavy (non-hydrogen) atoms. The van der Waals surface area contributed by atoms with Gasteiger partial charge in [-0.3, -0.25) is 4.90 Å². The summed E-state index contributed by atoms with van der Waals surface area (Å²) in [6, 6.07) is 0.736. The van der Waals surface area contributed by atoms with Crippen LogP contribution < -0.4 is 0 Å². The van der Waals surface area contributed by atoms with E-state index in [0.717, 1.165) is 31.0 Å². The third-order valence-corrected chi connectivity index (χ3v) is 6.31. The quantitative estimate of drug-likeness (QED) is 0.648. The Morgan fingerprint density at radius 3 is 3.00 bits per heavy atom. The van der Waals surface area contributed by atoms with Crippen LogP contribution in [0.3, 0.4) is 0 Å². The van der Waals surface area contributed by atoms with Crippen LogP contribution in [0.1, 0.15) is 38.5 Å². The van der Waals surface area contributed by atoms with Crippen molar-refractivity contribution in [2.24, 2.45) is 17.3 Å². The van der Waals surface area contributed by atoms with Gasteiger partial charge in [-0.05, 0) is 37.5 Å². The van der Waals surface area contributed by atoms with Crippen molar-refractivity contribution in [2.75, 3.05) is 13.1 Å². The monoisotopic (exact) mass is 233 g/mol. The molecule has 94 valence electrons. The van der Waals surface area contributed by atoms with E-state index in [4.69, 9.17) is 0 Å². The van der Waals surface area contributed by atoms with Gasteiger partial charge in [0, 0.05) is 24.5 Å². The van der Waals surface area contributed by atoms with E-state index in [0.29, 0.717) is 5.41 Å². The lowest BCUT2D eigenvalue weighted by Crippen LogP contribution is -2.64. The number of hydrogen-bond acceptors (Lipinski definition) is 2. The highest BCUT2D eigenvalue weighted by Crippen LogP contribution is 2.60. The van der Waals surface area contributed by atoms with Gasteiger partial charge in [0.05, 0.1) is 6.10 Å². The minimum absolute atomic E-state index is 0.0732. The maximum Gasteiger partial charge on any atom is 0.0726 e. The van der Waals surface area contributed by atoms with Crippen LogP contribution in [0.5, 0.6) is 0 Å². The molecule has 0 aromatic rings. The van der Waals surface area contributed by atoms with Gasteiger partial charge in [0.25, 0.3) is 0 Å².